The fourth-order valence-corrected chi connectivity index (χ4v) is 9.06. The van der Waals surface area contributed by atoms with E-state index in [1.165, 1.54) is 109 Å². The third-order valence-electron chi connectivity index (χ3n) is 14.0. The van der Waals surface area contributed by atoms with Crippen LogP contribution in [-0.4, -0.2) is 37.2 Å². The van der Waals surface area contributed by atoms with Gasteiger partial charge in [-0.25, -0.2) is 0 Å². The van der Waals surface area contributed by atoms with Gasteiger partial charge in [0.05, 0.1) is 0 Å². The molecule has 0 radical (unpaired) electrons. The van der Waals surface area contributed by atoms with Crippen molar-refractivity contribution in [3.8, 4) is 0 Å². The van der Waals surface area contributed by atoms with Crippen LogP contribution in [0.5, 0.6) is 0 Å². The average molecular weight is 1150 g/mol. The van der Waals surface area contributed by atoms with Gasteiger partial charge in [-0.1, -0.05) is 301 Å². The summed E-state index contributed by atoms with van der Waals surface area (Å²) in [6.45, 7) is 6.23. The largest absolute Gasteiger partial charge is 0.462 e. The van der Waals surface area contributed by atoms with Crippen molar-refractivity contribution < 1.29 is 28.6 Å². The highest BCUT2D eigenvalue weighted by Gasteiger charge is 2.19. The van der Waals surface area contributed by atoms with Crippen LogP contribution < -0.4 is 0 Å². The Morgan fingerprint density at radius 1 is 0.241 bits per heavy atom. The summed E-state index contributed by atoms with van der Waals surface area (Å²) in [6, 6.07) is 0. The number of ether oxygens (including phenoxy) is 3. The fourth-order valence-electron chi connectivity index (χ4n) is 9.06. The molecule has 83 heavy (non-hydrogen) atoms. The lowest BCUT2D eigenvalue weighted by Crippen LogP contribution is -2.30. The van der Waals surface area contributed by atoms with E-state index in [1.54, 1.807) is 0 Å². The Kier molecular flexibility index (Phi) is 65.4. The summed E-state index contributed by atoms with van der Waals surface area (Å²) in [5.74, 6) is -1.01. The van der Waals surface area contributed by atoms with Crippen LogP contribution >= 0.6 is 0 Å². The van der Waals surface area contributed by atoms with E-state index in [0.717, 1.165) is 135 Å². The number of carbonyl (C=O) groups is 3. The standard InChI is InChI=1S/C77H124O6/c1-4-7-10-13-16-19-22-25-27-29-31-32-33-34-35-36-37-38-39-40-41-42-43-44-46-47-49-52-55-58-61-64-67-70-76(79)82-73-74(72-81-75(78)69-66-63-60-57-54-51-24-21-18-15-12-9-6-3)83-77(80)71-68-65-62-59-56-53-50-48-45-30-28-26-23-20-17-14-11-8-5-2/h7-12,16-21,25-28,31-32,34-35,45,48,51,54,60,63,74H,4-6,13-15,22-24,29-30,33,36-44,46-47,49-50,52-53,55-59,61-62,64-73H2,1-3H3/b10-7-,11-8-,12-9-,19-16-,20-17-,21-18-,27-25-,28-26-,32-31-,35-34-,48-45-,54-51-,63-60-. The lowest BCUT2D eigenvalue weighted by Gasteiger charge is -2.18. The minimum Gasteiger partial charge on any atom is -0.462 e. The van der Waals surface area contributed by atoms with Gasteiger partial charge in [0.1, 0.15) is 13.2 Å². The molecule has 6 nitrogen and oxygen atoms in total. The summed E-state index contributed by atoms with van der Waals surface area (Å²) < 4.78 is 16.9. The summed E-state index contributed by atoms with van der Waals surface area (Å²) in [4.78, 5) is 38.3. The molecule has 0 aliphatic rings. The number of hydrogen-bond donors (Lipinski definition) is 0. The number of unbranched alkanes of at least 4 members (excludes halogenated alkanes) is 23. The van der Waals surface area contributed by atoms with Crippen LogP contribution in [0.25, 0.3) is 0 Å². The van der Waals surface area contributed by atoms with E-state index < -0.39 is 6.10 Å². The molecule has 0 bridgehead atoms. The molecule has 0 aromatic heterocycles. The predicted molar refractivity (Wildman–Crippen MR) is 362 cm³/mol. The molecule has 0 aromatic carbocycles. The summed E-state index contributed by atoms with van der Waals surface area (Å²) in [6.07, 6.45) is 101. The van der Waals surface area contributed by atoms with Crippen molar-refractivity contribution >= 4 is 17.9 Å². The molecule has 0 aliphatic carbocycles. The van der Waals surface area contributed by atoms with Gasteiger partial charge in [-0.2, -0.15) is 0 Å². The van der Waals surface area contributed by atoms with Crippen molar-refractivity contribution in [1.82, 2.24) is 0 Å². The van der Waals surface area contributed by atoms with Crippen molar-refractivity contribution in [1.29, 1.82) is 0 Å². The first-order chi connectivity index (χ1) is 41.0. The minimum absolute atomic E-state index is 0.110. The van der Waals surface area contributed by atoms with Crippen molar-refractivity contribution in [3.63, 3.8) is 0 Å². The number of carbonyl (C=O) groups excluding carboxylic acids is 3. The van der Waals surface area contributed by atoms with Crippen LogP contribution in [0.15, 0.2) is 158 Å². The summed E-state index contributed by atoms with van der Waals surface area (Å²) in [5, 5.41) is 0. The Balaban J connectivity index is 4.27. The van der Waals surface area contributed by atoms with E-state index in [1.807, 2.05) is 6.08 Å². The highest BCUT2D eigenvalue weighted by atomic mass is 16.6. The Bertz CT molecular complexity index is 1840. The van der Waals surface area contributed by atoms with Gasteiger partial charge in [0.25, 0.3) is 0 Å². The quantitative estimate of drug-likeness (QED) is 0.0261. The molecular formula is C77H124O6. The predicted octanol–water partition coefficient (Wildman–Crippen LogP) is 23.7. The van der Waals surface area contributed by atoms with Crippen molar-refractivity contribution in [3.05, 3.63) is 158 Å². The van der Waals surface area contributed by atoms with Crippen LogP contribution in [0.2, 0.25) is 0 Å². The molecule has 0 N–H and O–H groups in total. The average Bonchev–Trinajstić information content (AvgIpc) is 3.49. The fraction of sp³-hybridized carbons (Fsp3) is 0.623. The van der Waals surface area contributed by atoms with Gasteiger partial charge in [0.2, 0.25) is 0 Å². The maximum Gasteiger partial charge on any atom is 0.306 e. The second kappa shape index (κ2) is 69.5. The zero-order chi connectivity index (χ0) is 59.9. The number of rotatable bonds is 60. The molecule has 1 atom stereocenters. The number of hydrogen-bond acceptors (Lipinski definition) is 6. The molecule has 0 aliphatic heterocycles. The molecule has 0 saturated heterocycles. The monoisotopic (exact) mass is 1140 g/mol. The van der Waals surface area contributed by atoms with Gasteiger partial charge in [0, 0.05) is 19.3 Å². The van der Waals surface area contributed by atoms with E-state index in [-0.39, 0.29) is 37.5 Å². The molecule has 0 aromatic rings. The normalized spacial score (nSPS) is 13.1. The van der Waals surface area contributed by atoms with Gasteiger partial charge in [-0.05, 0) is 128 Å². The zero-order valence-electron chi connectivity index (χ0n) is 53.7. The molecule has 0 fully saturated rings. The van der Waals surface area contributed by atoms with Crippen molar-refractivity contribution in [2.45, 2.75) is 297 Å². The van der Waals surface area contributed by atoms with Crippen LogP contribution in [0.1, 0.15) is 290 Å². The van der Waals surface area contributed by atoms with Gasteiger partial charge in [0.15, 0.2) is 6.10 Å². The second-order valence-electron chi connectivity index (χ2n) is 21.9. The molecule has 468 valence electrons. The molecule has 0 rings (SSSR count). The van der Waals surface area contributed by atoms with Crippen LogP contribution in [-0.2, 0) is 28.6 Å². The third-order valence-corrected chi connectivity index (χ3v) is 14.0. The number of allylic oxidation sites excluding steroid dienone is 26. The highest BCUT2D eigenvalue weighted by molar-refractivity contribution is 5.71. The minimum atomic E-state index is -0.821. The SMILES string of the molecule is CC/C=C\C/C=C\C/C=C\C/C=C\C/C=C\CCCCCCCCCCCCCCCCCCCC(=O)OCC(COC(=O)CC/C=C\C/C=C\C/C=C\C/C=C\CC)OC(=O)CCCCCCCC/C=C\C/C=C\C/C=C\C/C=C\CC. The van der Waals surface area contributed by atoms with Gasteiger partial charge < -0.3 is 14.2 Å². The molecule has 1 unspecified atom stereocenters. The Hall–Kier alpha value is -4.97. The molecule has 0 heterocycles. The van der Waals surface area contributed by atoms with E-state index in [4.69, 9.17) is 14.2 Å². The Morgan fingerprint density at radius 2 is 0.458 bits per heavy atom. The lowest BCUT2D eigenvalue weighted by atomic mass is 10.0. The Morgan fingerprint density at radius 3 is 0.747 bits per heavy atom. The highest BCUT2D eigenvalue weighted by Crippen LogP contribution is 2.16. The zero-order valence-corrected chi connectivity index (χ0v) is 53.7. The van der Waals surface area contributed by atoms with Gasteiger partial charge in [-0.15, -0.1) is 0 Å². The molecule has 0 saturated carbocycles. The van der Waals surface area contributed by atoms with Gasteiger partial charge in [-0.3, -0.25) is 14.4 Å². The van der Waals surface area contributed by atoms with Crippen LogP contribution in [0.4, 0.5) is 0 Å². The first-order valence-electron chi connectivity index (χ1n) is 34.0. The van der Waals surface area contributed by atoms with E-state index in [0.29, 0.717) is 19.3 Å². The summed E-state index contributed by atoms with van der Waals surface area (Å²) in [7, 11) is 0. The molecule has 0 amide bonds. The topological polar surface area (TPSA) is 78.9 Å². The third kappa shape index (κ3) is 67.7. The molecular weight excluding hydrogens is 1020 g/mol. The van der Waals surface area contributed by atoms with Crippen LogP contribution in [0.3, 0.4) is 0 Å². The lowest BCUT2D eigenvalue weighted by molar-refractivity contribution is -0.166. The van der Waals surface area contributed by atoms with E-state index in [9.17, 15) is 14.4 Å². The first kappa shape index (κ1) is 78.0. The Labute approximate surface area is 511 Å². The van der Waals surface area contributed by atoms with Crippen molar-refractivity contribution in [2.75, 3.05) is 13.2 Å². The molecule has 0 spiro atoms. The van der Waals surface area contributed by atoms with Gasteiger partial charge >= 0.3 is 17.9 Å². The van der Waals surface area contributed by atoms with E-state index in [2.05, 4.69) is 173 Å². The molecule has 6 heteroatoms. The summed E-state index contributed by atoms with van der Waals surface area (Å²) >= 11 is 0. The second-order valence-corrected chi connectivity index (χ2v) is 21.9. The maximum atomic E-state index is 12.9. The van der Waals surface area contributed by atoms with Crippen molar-refractivity contribution in [2.24, 2.45) is 0 Å². The summed E-state index contributed by atoms with van der Waals surface area (Å²) in [5.41, 5.74) is 0. The van der Waals surface area contributed by atoms with Crippen LogP contribution in [0, 0.1) is 0 Å². The maximum absolute atomic E-state index is 12.9. The number of esters is 3. The van der Waals surface area contributed by atoms with E-state index >= 15 is 0 Å². The smallest absolute Gasteiger partial charge is 0.306 e. The first-order valence-corrected chi connectivity index (χ1v) is 34.0.